The van der Waals surface area contributed by atoms with Gasteiger partial charge in [0.1, 0.15) is 12.3 Å². The average molecular weight is 326 g/mol. The summed E-state index contributed by atoms with van der Waals surface area (Å²) in [6.45, 7) is 0.0615. The number of furan rings is 1. The third-order valence-corrected chi connectivity index (χ3v) is 6.10. The predicted octanol–water partition coefficient (Wildman–Crippen LogP) is 0.949. The van der Waals surface area contributed by atoms with E-state index in [1.54, 1.807) is 12.1 Å². The van der Waals surface area contributed by atoms with E-state index in [1.165, 1.54) is 11.2 Å². The Balaban J connectivity index is 1.29. The Labute approximate surface area is 138 Å². The second kappa shape index (κ2) is 4.82. The standard InChI is InChI=1S/C18H18N2O4/c21-14(19-7-9-2-1-5-24-9)8-20-17(22)15-10-3-4-11(13-6-12(10)13)16(15)18(20)23/h1-5,10-13,15-16H,6-8H2,(H,19,21)/t10-,11-,12-,13-,15-,16+/m1/s1. The van der Waals surface area contributed by atoms with Crippen LogP contribution in [0.1, 0.15) is 12.2 Å². The maximum atomic E-state index is 12.7. The van der Waals surface area contributed by atoms with Crippen LogP contribution in [0.3, 0.4) is 0 Å². The number of nitrogens with zero attached hydrogens (tertiary/aromatic N) is 1. The van der Waals surface area contributed by atoms with Crippen molar-refractivity contribution in [3.05, 3.63) is 36.3 Å². The molecule has 1 aromatic rings. The number of hydrogen-bond donors (Lipinski definition) is 1. The van der Waals surface area contributed by atoms with Crippen LogP contribution in [0, 0.1) is 35.5 Å². The average Bonchev–Trinajstić information content (AvgIpc) is 3.19. The van der Waals surface area contributed by atoms with Gasteiger partial charge in [-0.05, 0) is 42.2 Å². The first-order chi connectivity index (χ1) is 11.6. The molecule has 2 saturated carbocycles. The minimum atomic E-state index is -0.336. The molecular formula is C18H18N2O4. The van der Waals surface area contributed by atoms with Crippen LogP contribution >= 0.6 is 0 Å². The molecule has 1 N–H and O–H groups in total. The van der Waals surface area contributed by atoms with Crippen LogP contribution in [0.2, 0.25) is 0 Å². The van der Waals surface area contributed by atoms with Gasteiger partial charge in [0.25, 0.3) is 0 Å². The summed E-state index contributed by atoms with van der Waals surface area (Å²) >= 11 is 0. The zero-order valence-corrected chi connectivity index (χ0v) is 13.1. The SMILES string of the molecule is O=C(CN1C(=O)[C@@H]2[C@@H]3C=C[C@H]([C@H]4C[C@H]34)[C@@H]2C1=O)NCc1ccco1. The fourth-order valence-corrected chi connectivity index (χ4v) is 4.97. The predicted molar refractivity (Wildman–Crippen MR) is 82.0 cm³/mol. The summed E-state index contributed by atoms with van der Waals surface area (Å²) in [5.41, 5.74) is 0. The normalized spacial score (nSPS) is 38.2. The Bertz CT molecular complexity index is 717. The summed E-state index contributed by atoms with van der Waals surface area (Å²) in [6.07, 6.45) is 6.94. The summed E-state index contributed by atoms with van der Waals surface area (Å²) in [7, 11) is 0. The zero-order chi connectivity index (χ0) is 16.4. The van der Waals surface area contributed by atoms with Crippen LogP contribution in [0.5, 0.6) is 0 Å². The Morgan fingerprint density at radius 1 is 1.17 bits per heavy atom. The van der Waals surface area contributed by atoms with Gasteiger partial charge < -0.3 is 9.73 Å². The molecular weight excluding hydrogens is 308 g/mol. The van der Waals surface area contributed by atoms with E-state index in [0.29, 0.717) is 17.6 Å². The van der Waals surface area contributed by atoms with Gasteiger partial charge in [0, 0.05) is 0 Å². The van der Waals surface area contributed by atoms with Gasteiger partial charge in [0.2, 0.25) is 17.7 Å². The maximum Gasteiger partial charge on any atom is 0.240 e. The molecule has 0 unspecified atom stereocenters. The summed E-state index contributed by atoms with van der Waals surface area (Å²) in [6, 6.07) is 3.50. The van der Waals surface area contributed by atoms with E-state index in [4.69, 9.17) is 4.42 Å². The fraction of sp³-hybridized carbons (Fsp3) is 0.500. The van der Waals surface area contributed by atoms with E-state index in [1.807, 2.05) is 0 Å². The van der Waals surface area contributed by atoms with Crippen molar-refractivity contribution < 1.29 is 18.8 Å². The minimum Gasteiger partial charge on any atom is -0.467 e. The van der Waals surface area contributed by atoms with Crippen molar-refractivity contribution in [2.75, 3.05) is 6.54 Å². The number of rotatable bonds is 4. The molecule has 0 radical (unpaired) electrons. The Morgan fingerprint density at radius 3 is 2.42 bits per heavy atom. The molecule has 6 rings (SSSR count). The fourth-order valence-electron chi connectivity index (χ4n) is 4.97. The molecule has 6 nitrogen and oxygen atoms in total. The first kappa shape index (κ1) is 14.0. The molecule has 6 heteroatoms. The monoisotopic (exact) mass is 326 g/mol. The smallest absolute Gasteiger partial charge is 0.240 e. The molecule has 1 aromatic heterocycles. The second-order valence-electron chi connectivity index (χ2n) is 7.27. The molecule has 3 fully saturated rings. The van der Waals surface area contributed by atoms with Crippen LogP contribution in [0.25, 0.3) is 0 Å². The molecule has 6 atom stereocenters. The molecule has 124 valence electrons. The van der Waals surface area contributed by atoms with Crippen LogP contribution in [0.15, 0.2) is 35.0 Å². The Kier molecular flexibility index (Phi) is 2.81. The molecule has 24 heavy (non-hydrogen) atoms. The van der Waals surface area contributed by atoms with Gasteiger partial charge in [-0.3, -0.25) is 19.3 Å². The van der Waals surface area contributed by atoms with E-state index in [2.05, 4.69) is 17.5 Å². The van der Waals surface area contributed by atoms with Gasteiger partial charge in [-0.2, -0.15) is 0 Å². The van der Waals surface area contributed by atoms with Gasteiger partial charge in [0.05, 0.1) is 24.6 Å². The highest BCUT2D eigenvalue weighted by Crippen LogP contribution is 2.65. The van der Waals surface area contributed by atoms with Crippen molar-refractivity contribution in [1.29, 1.82) is 0 Å². The van der Waals surface area contributed by atoms with Crippen molar-refractivity contribution in [3.8, 4) is 0 Å². The first-order valence-corrected chi connectivity index (χ1v) is 8.48. The van der Waals surface area contributed by atoms with Gasteiger partial charge in [-0.1, -0.05) is 12.2 Å². The van der Waals surface area contributed by atoms with E-state index in [-0.39, 0.29) is 54.5 Å². The molecule has 3 amide bonds. The lowest BCUT2D eigenvalue weighted by molar-refractivity contribution is -0.143. The van der Waals surface area contributed by atoms with Crippen molar-refractivity contribution in [2.24, 2.45) is 35.5 Å². The van der Waals surface area contributed by atoms with E-state index >= 15 is 0 Å². The van der Waals surface area contributed by atoms with Crippen molar-refractivity contribution >= 4 is 17.7 Å². The molecule has 1 aliphatic heterocycles. The second-order valence-corrected chi connectivity index (χ2v) is 7.27. The molecule has 5 aliphatic rings. The first-order valence-electron chi connectivity index (χ1n) is 8.48. The highest BCUT2D eigenvalue weighted by molar-refractivity contribution is 6.08. The molecule has 2 heterocycles. The van der Waals surface area contributed by atoms with Gasteiger partial charge in [-0.15, -0.1) is 0 Å². The van der Waals surface area contributed by atoms with Gasteiger partial charge >= 0.3 is 0 Å². The lowest BCUT2D eigenvalue weighted by atomic mass is 9.63. The van der Waals surface area contributed by atoms with Crippen LogP contribution in [0.4, 0.5) is 0 Å². The quantitative estimate of drug-likeness (QED) is 0.660. The Hall–Kier alpha value is -2.37. The number of carbonyl (C=O) groups excluding carboxylic acids is 3. The number of likely N-dealkylation sites (tertiary alicyclic amines) is 1. The Morgan fingerprint density at radius 2 is 1.83 bits per heavy atom. The number of hydrogen-bond acceptors (Lipinski definition) is 4. The topological polar surface area (TPSA) is 79.6 Å². The summed E-state index contributed by atoms with van der Waals surface area (Å²) in [4.78, 5) is 38.8. The van der Waals surface area contributed by atoms with E-state index in [0.717, 1.165) is 6.42 Å². The van der Waals surface area contributed by atoms with Gasteiger partial charge in [-0.25, -0.2) is 0 Å². The molecule has 4 aliphatic carbocycles. The summed E-state index contributed by atoms with van der Waals surface area (Å²) < 4.78 is 5.16. The molecule has 1 saturated heterocycles. The highest BCUT2D eigenvalue weighted by atomic mass is 16.3. The number of allylic oxidation sites excluding steroid dienone is 2. The van der Waals surface area contributed by atoms with E-state index < -0.39 is 0 Å². The van der Waals surface area contributed by atoms with Gasteiger partial charge in [0.15, 0.2) is 0 Å². The van der Waals surface area contributed by atoms with Crippen molar-refractivity contribution in [1.82, 2.24) is 10.2 Å². The number of nitrogens with one attached hydrogen (secondary N) is 1. The van der Waals surface area contributed by atoms with Crippen LogP contribution < -0.4 is 5.32 Å². The van der Waals surface area contributed by atoms with E-state index in [9.17, 15) is 14.4 Å². The van der Waals surface area contributed by atoms with Crippen LogP contribution in [-0.2, 0) is 20.9 Å². The summed E-state index contributed by atoms with van der Waals surface area (Å²) in [5, 5.41) is 2.70. The number of carbonyl (C=O) groups is 3. The van der Waals surface area contributed by atoms with Crippen molar-refractivity contribution in [2.45, 2.75) is 13.0 Å². The third kappa shape index (κ3) is 1.85. The zero-order valence-electron chi connectivity index (χ0n) is 13.1. The third-order valence-electron chi connectivity index (χ3n) is 6.10. The number of amides is 3. The minimum absolute atomic E-state index is 0.164. The molecule has 0 spiro atoms. The lowest BCUT2D eigenvalue weighted by Crippen LogP contribution is -2.41. The largest absolute Gasteiger partial charge is 0.467 e. The maximum absolute atomic E-state index is 12.7. The highest BCUT2D eigenvalue weighted by Gasteiger charge is 2.67. The lowest BCUT2D eigenvalue weighted by Gasteiger charge is -2.37. The van der Waals surface area contributed by atoms with Crippen LogP contribution in [-0.4, -0.2) is 29.2 Å². The summed E-state index contributed by atoms with van der Waals surface area (Å²) in [5.74, 6) is 1.02. The van der Waals surface area contributed by atoms with Crippen molar-refractivity contribution in [3.63, 3.8) is 0 Å². The molecule has 0 aromatic carbocycles. The number of imide groups is 1. The molecule has 2 bridgehead atoms.